The minimum Gasteiger partial charge on any atom is -0.478 e. The van der Waals surface area contributed by atoms with Crippen molar-refractivity contribution in [3.8, 4) is 0 Å². The van der Waals surface area contributed by atoms with Crippen molar-refractivity contribution in [2.24, 2.45) is 5.73 Å². The van der Waals surface area contributed by atoms with Gasteiger partial charge < -0.3 is 36.4 Å². The number of hydrogen-bond donors (Lipinski definition) is 7. The van der Waals surface area contributed by atoms with Crippen molar-refractivity contribution in [2.75, 3.05) is 19.8 Å². The second-order valence-electron chi connectivity index (χ2n) is 4.51. The van der Waals surface area contributed by atoms with Crippen LogP contribution in [0.15, 0.2) is 18.2 Å². The monoisotopic (exact) mass is 331 g/mol. The second-order valence-corrected chi connectivity index (χ2v) is 4.51. The summed E-state index contributed by atoms with van der Waals surface area (Å²) in [5.41, 5.74) is 2.69. The predicted molar refractivity (Wildman–Crippen MR) is 75.5 cm³/mol. The smallest absolute Gasteiger partial charge is 0.336 e. The molecule has 0 radical (unpaired) electrons. The molecule has 0 bridgehead atoms. The quantitative estimate of drug-likeness (QED) is 0.320. The number of aliphatic hydroxyl groups is 3. The Bertz CT molecular complexity index is 573. The first-order chi connectivity index (χ1) is 10.6. The van der Waals surface area contributed by atoms with Gasteiger partial charge in [-0.1, -0.05) is 0 Å². The van der Waals surface area contributed by atoms with Gasteiger partial charge in [-0.15, -0.1) is 0 Å². The Kier molecular flexibility index (Phi) is 7.83. The SMILES string of the molecule is NC(CO)(CO)CO.O=C(O)c1ccc(C(=O)O)c(C(=O)O)c1. The Hall–Kier alpha value is -2.53. The van der Waals surface area contributed by atoms with E-state index >= 15 is 0 Å². The molecule has 8 N–H and O–H groups in total. The second kappa shape index (κ2) is 8.80. The number of benzene rings is 1. The summed E-state index contributed by atoms with van der Waals surface area (Å²) < 4.78 is 0. The summed E-state index contributed by atoms with van der Waals surface area (Å²) in [6, 6.07) is 2.81. The van der Waals surface area contributed by atoms with Gasteiger partial charge in [-0.05, 0) is 18.2 Å². The summed E-state index contributed by atoms with van der Waals surface area (Å²) in [6.07, 6.45) is 0. The van der Waals surface area contributed by atoms with Crippen molar-refractivity contribution < 1.29 is 45.0 Å². The van der Waals surface area contributed by atoms with E-state index in [2.05, 4.69) is 0 Å². The lowest BCUT2D eigenvalue weighted by atomic mass is 10.0. The third kappa shape index (κ3) is 6.00. The minimum atomic E-state index is -1.48. The molecule has 0 saturated heterocycles. The number of rotatable bonds is 6. The number of nitrogens with two attached hydrogens (primary N) is 1. The van der Waals surface area contributed by atoms with E-state index in [4.69, 9.17) is 36.4 Å². The number of aromatic carboxylic acids is 3. The average Bonchev–Trinajstić information content (AvgIpc) is 2.53. The van der Waals surface area contributed by atoms with Gasteiger partial charge in [-0.3, -0.25) is 0 Å². The van der Waals surface area contributed by atoms with Crippen LogP contribution in [0.25, 0.3) is 0 Å². The molecule has 0 fully saturated rings. The molecular weight excluding hydrogens is 314 g/mol. The Labute approximate surface area is 130 Å². The van der Waals surface area contributed by atoms with Crippen LogP contribution >= 0.6 is 0 Å². The maximum atomic E-state index is 10.6. The first-order valence-electron chi connectivity index (χ1n) is 6.07. The summed E-state index contributed by atoms with van der Waals surface area (Å²) >= 11 is 0. The van der Waals surface area contributed by atoms with Gasteiger partial charge >= 0.3 is 17.9 Å². The van der Waals surface area contributed by atoms with Gasteiger partial charge in [0.25, 0.3) is 0 Å². The summed E-state index contributed by atoms with van der Waals surface area (Å²) in [4.78, 5) is 31.8. The largest absolute Gasteiger partial charge is 0.478 e. The molecule has 0 aliphatic carbocycles. The third-order valence-corrected chi connectivity index (χ3v) is 2.67. The molecule has 0 aliphatic rings. The first-order valence-corrected chi connectivity index (χ1v) is 6.07. The summed E-state index contributed by atoms with van der Waals surface area (Å²) in [7, 11) is 0. The summed E-state index contributed by atoms with van der Waals surface area (Å²) in [5.74, 6) is -4.20. The molecule has 0 heterocycles. The standard InChI is InChI=1S/C9H6O6.C4H11NO3/c10-7(11)4-1-2-5(8(12)13)6(3-4)9(14)15;5-4(1-6,2-7)3-8/h1-3H,(H,10,11)(H,12,13)(H,14,15);6-8H,1-3,5H2. The fraction of sp³-hybridized carbons (Fsp3) is 0.308. The van der Waals surface area contributed by atoms with Crippen molar-refractivity contribution in [2.45, 2.75) is 5.54 Å². The number of carbonyl (C=O) groups is 3. The van der Waals surface area contributed by atoms with Gasteiger partial charge in [0, 0.05) is 0 Å². The number of carboxylic acids is 3. The van der Waals surface area contributed by atoms with Crippen LogP contribution in [0.2, 0.25) is 0 Å². The molecule has 0 atom stereocenters. The van der Waals surface area contributed by atoms with Crippen LogP contribution in [0.5, 0.6) is 0 Å². The van der Waals surface area contributed by atoms with Crippen LogP contribution in [-0.4, -0.2) is 73.9 Å². The average molecular weight is 331 g/mol. The maximum absolute atomic E-state index is 10.6. The first kappa shape index (κ1) is 20.5. The van der Waals surface area contributed by atoms with E-state index in [1.54, 1.807) is 0 Å². The minimum absolute atomic E-state index is 0.266. The van der Waals surface area contributed by atoms with E-state index in [0.29, 0.717) is 0 Å². The van der Waals surface area contributed by atoms with Crippen LogP contribution in [0.1, 0.15) is 31.1 Å². The number of hydrogen-bond acceptors (Lipinski definition) is 7. The highest BCUT2D eigenvalue weighted by atomic mass is 16.4. The molecule has 10 nitrogen and oxygen atoms in total. The third-order valence-electron chi connectivity index (χ3n) is 2.67. The van der Waals surface area contributed by atoms with Crippen LogP contribution in [0.3, 0.4) is 0 Å². The Morgan fingerprint density at radius 1 is 0.826 bits per heavy atom. The molecule has 1 aromatic rings. The van der Waals surface area contributed by atoms with Crippen LogP contribution in [0, 0.1) is 0 Å². The van der Waals surface area contributed by atoms with Crippen molar-refractivity contribution in [3.63, 3.8) is 0 Å². The lowest BCUT2D eigenvalue weighted by molar-refractivity contribution is 0.0649. The fourth-order valence-electron chi connectivity index (χ4n) is 1.19. The van der Waals surface area contributed by atoms with Crippen LogP contribution in [-0.2, 0) is 0 Å². The van der Waals surface area contributed by atoms with Gasteiger partial charge in [0.05, 0.1) is 42.0 Å². The number of carboxylic acid groups (broad SMARTS) is 3. The van der Waals surface area contributed by atoms with Gasteiger partial charge in [-0.25, -0.2) is 14.4 Å². The maximum Gasteiger partial charge on any atom is 0.336 e. The molecule has 23 heavy (non-hydrogen) atoms. The molecular formula is C13H17NO9. The van der Waals surface area contributed by atoms with E-state index in [1.165, 1.54) is 0 Å². The summed E-state index contributed by atoms with van der Waals surface area (Å²) in [6.45, 7) is -1.21. The summed E-state index contributed by atoms with van der Waals surface area (Å²) in [5, 5.41) is 50.9. The van der Waals surface area contributed by atoms with E-state index in [9.17, 15) is 14.4 Å². The van der Waals surface area contributed by atoms with E-state index in [-0.39, 0.29) is 5.56 Å². The molecule has 1 rings (SSSR count). The highest BCUT2D eigenvalue weighted by Gasteiger charge is 2.20. The van der Waals surface area contributed by atoms with Gasteiger partial charge in [0.1, 0.15) is 0 Å². The Balaban J connectivity index is 0.000000515. The van der Waals surface area contributed by atoms with E-state index in [1.807, 2.05) is 0 Å². The Morgan fingerprint density at radius 2 is 1.26 bits per heavy atom. The van der Waals surface area contributed by atoms with Crippen LogP contribution < -0.4 is 5.73 Å². The predicted octanol–water partition coefficient (Wildman–Crippen LogP) is -1.56. The zero-order chi connectivity index (χ0) is 18.2. The normalized spacial score (nSPS) is 10.4. The van der Waals surface area contributed by atoms with Gasteiger partial charge in [-0.2, -0.15) is 0 Å². The molecule has 1 aromatic carbocycles. The van der Waals surface area contributed by atoms with Crippen LogP contribution in [0.4, 0.5) is 0 Å². The van der Waals surface area contributed by atoms with Crippen molar-refractivity contribution in [1.82, 2.24) is 0 Å². The molecule has 0 spiro atoms. The van der Waals surface area contributed by atoms with Crippen molar-refractivity contribution >= 4 is 17.9 Å². The molecule has 0 amide bonds. The zero-order valence-corrected chi connectivity index (χ0v) is 11.8. The lowest BCUT2D eigenvalue weighted by Gasteiger charge is -2.20. The Morgan fingerprint density at radius 3 is 1.52 bits per heavy atom. The fourth-order valence-corrected chi connectivity index (χ4v) is 1.19. The van der Waals surface area contributed by atoms with Crippen molar-refractivity contribution in [1.29, 1.82) is 0 Å². The van der Waals surface area contributed by atoms with E-state index < -0.39 is 54.4 Å². The molecule has 128 valence electrons. The molecule has 0 aromatic heterocycles. The number of aliphatic hydroxyl groups excluding tert-OH is 3. The lowest BCUT2D eigenvalue weighted by Crippen LogP contribution is -2.50. The highest BCUT2D eigenvalue weighted by Crippen LogP contribution is 2.12. The topological polar surface area (TPSA) is 199 Å². The van der Waals surface area contributed by atoms with Gasteiger partial charge in [0.15, 0.2) is 0 Å². The zero-order valence-electron chi connectivity index (χ0n) is 11.8. The highest BCUT2D eigenvalue weighted by molar-refractivity contribution is 6.03. The van der Waals surface area contributed by atoms with Gasteiger partial charge in [0.2, 0.25) is 0 Å². The van der Waals surface area contributed by atoms with Crippen molar-refractivity contribution in [3.05, 3.63) is 34.9 Å². The molecule has 0 saturated carbocycles. The molecule has 0 aliphatic heterocycles. The molecule has 0 unspecified atom stereocenters. The molecule has 10 heteroatoms. The van der Waals surface area contributed by atoms with E-state index in [0.717, 1.165) is 18.2 Å².